The van der Waals surface area contributed by atoms with Gasteiger partial charge < -0.3 is 0 Å². The Morgan fingerprint density at radius 2 is 2.00 bits per heavy atom. The van der Waals surface area contributed by atoms with Crippen LogP contribution < -0.4 is 10.4 Å². The summed E-state index contributed by atoms with van der Waals surface area (Å²) in [5, 5.41) is 5.70. The zero-order chi connectivity index (χ0) is 17.1. The summed E-state index contributed by atoms with van der Waals surface area (Å²) >= 11 is 3.52. The second-order valence-electron chi connectivity index (χ2n) is 5.47. The third-order valence-electron chi connectivity index (χ3n) is 3.66. The van der Waals surface area contributed by atoms with E-state index in [1.165, 1.54) is 5.01 Å². The van der Waals surface area contributed by atoms with Gasteiger partial charge in [-0.1, -0.05) is 24.3 Å². The van der Waals surface area contributed by atoms with Gasteiger partial charge in [0.2, 0.25) is 6.41 Å². The highest BCUT2D eigenvalue weighted by molar-refractivity contribution is 9.10. The average Bonchev–Trinajstić information content (AvgIpc) is 2.91. The van der Waals surface area contributed by atoms with Crippen LogP contribution in [0.2, 0.25) is 0 Å². The molecule has 6 heteroatoms. The maximum atomic E-state index is 11.5. The predicted octanol–water partition coefficient (Wildman–Crippen LogP) is 4.15. The van der Waals surface area contributed by atoms with Crippen LogP contribution in [0.5, 0.6) is 0 Å². The first kappa shape index (κ1) is 16.3. The van der Waals surface area contributed by atoms with Gasteiger partial charge in [-0.2, -0.15) is 5.10 Å². The van der Waals surface area contributed by atoms with Crippen molar-refractivity contribution >= 4 is 33.7 Å². The molecule has 0 radical (unpaired) electrons. The van der Waals surface area contributed by atoms with Crippen LogP contribution in [0.3, 0.4) is 0 Å². The maximum Gasteiger partial charge on any atom is 0.232 e. The number of carbonyl (C=O) groups is 1. The molecule has 1 amide bonds. The number of hydrazine groups is 1. The first-order chi connectivity index (χ1) is 11.6. The summed E-state index contributed by atoms with van der Waals surface area (Å²) in [4.78, 5) is 11.5. The van der Waals surface area contributed by atoms with Crippen molar-refractivity contribution in [2.75, 3.05) is 10.4 Å². The fraction of sp³-hybridized carbons (Fsp3) is 0.111. The predicted molar refractivity (Wildman–Crippen MR) is 99.7 cm³/mol. The van der Waals surface area contributed by atoms with Crippen molar-refractivity contribution in [3.05, 3.63) is 64.8 Å². The minimum atomic E-state index is 0.765. The molecule has 5 nitrogen and oxygen atoms in total. The summed E-state index contributed by atoms with van der Waals surface area (Å²) in [5.41, 5.74) is 7.81. The molecule has 0 spiro atoms. The lowest BCUT2D eigenvalue weighted by Gasteiger charge is -2.20. The highest BCUT2D eigenvalue weighted by Crippen LogP contribution is 2.29. The highest BCUT2D eigenvalue weighted by atomic mass is 79.9. The van der Waals surface area contributed by atoms with Crippen molar-refractivity contribution in [1.82, 2.24) is 9.78 Å². The molecule has 0 saturated carbocycles. The summed E-state index contributed by atoms with van der Waals surface area (Å²) in [6.07, 6.45) is 2.53. The van der Waals surface area contributed by atoms with Gasteiger partial charge in [-0.15, -0.1) is 0 Å². The smallest absolute Gasteiger partial charge is 0.232 e. The molecule has 1 heterocycles. The van der Waals surface area contributed by atoms with Crippen LogP contribution in [0.25, 0.3) is 11.3 Å². The Morgan fingerprint density at radius 1 is 1.21 bits per heavy atom. The Labute approximate surface area is 149 Å². The molecule has 0 unspecified atom stereocenters. The number of nitrogens with one attached hydrogen (secondary N) is 1. The number of benzene rings is 2. The molecular weight excluding hydrogens is 368 g/mol. The zero-order valence-electron chi connectivity index (χ0n) is 13.4. The van der Waals surface area contributed by atoms with Crippen molar-refractivity contribution in [1.29, 1.82) is 0 Å². The van der Waals surface area contributed by atoms with Crippen molar-refractivity contribution < 1.29 is 4.79 Å². The fourth-order valence-corrected chi connectivity index (χ4v) is 3.12. The monoisotopic (exact) mass is 384 g/mol. The SMILES string of the molecule is Cc1cccc(N(C=O)Nc2cccc(-c3c(Br)cnn3C)c2)c1. The molecule has 1 aromatic heterocycles. The Kier molecular flexibility index (Phi) is 4.66. The van der Waals surface area contributed by atoms with E-state index >= 15 is 0 Å². The number of hydrogen-bond donors (Lipinski definition) is 1. The lowest BCUT2D eigenvalue weighted by molar-refractivity contribution is -0.107. The normalized spacial score (nSPS) is 10.5. The number of halogens is 1. The van der Waals surface area contributed by atoms with Crippen molar-refractivity contribution in [2.45, 2.75) is 6.92 Å². The van der Waals surface area contributed by atoms with Crippen LogP contribution in [0.15, 0.2) is 59.2 Å². The zero-order valence-corrected chi connectivity index (χ0v) is 15.0. The van der Waals surface area contributed by atoms with E-state index in [0.717, 1.165) is 39.1 Å². The molecule has 1 N–H and O–H groups in total. The molecular formula is C18H17BrN4O. The van der Waals surface area contributed by atoms with Crippen molar-refractivity contribution in [2.24, 2.45) is 7.05 Å². The highest BCUT2D eigenvalue weighted by Gasteiger charge is 2.11. The Morgan fingerprint density at radius 3 is 2.67 bits per heavy atom. The van der Waals surface area contributed by atoms with E-state index in [-0.39, 0.29) is 0 Å². The summed E-state index contributed by atoms with van der Waals surface area (Å²) in [5.74, 6) is 0. The van der Waals surface area contributed by atoms with Gasteiger partial charge in [0.25, 0.3) is 0 Å². The van der Waals surface area contributed by atoms with Gasteiger partial charge in [-0.25, -0.2) is 5.01 Å². The first-order valence-electron chi connectivity index (χ1n) is 7.44. The quantitative estimate of drug-likeness (QED) is 0.530. The minimum Gasteiger partial charge on any atom is -0.292 e. The van der Waals surface area contributed by atoms with E-state index in [4.69, 9.17) is 0 Å². The number of hydrogen-bond acceptors (Lipinski definition) is 3. The van der Waals surface area contributed by atoms with E-state index in [9.17, 15) is 4.79 Å². The third kappa shape index (κ3) is 3.33. The van der Waals surface area contributed by atoms with Gasteiger partial charge in [0.1, 0.15) is 0 Å². The van der Waals surface area contributed by atoms with Gasteiger partial charge in [-0.3, -0.25) is 14.9 Å². The van der Waals surface area contributed by atoms with Crippen LogP contribution in [-0.2, 0) is 11.8 Å². The number of nitrogens with zero attached hydrogens (tertiary/aromatic N) is 3. The Bertz CT molecular complexity index is 855. The minimum absolute atomic E-state index is 0.765. The fourth-order valence-electron chi connectivity index (χ4n) is 2.54. The molecule has 2 aromatic carbocycles. The Balaban J connectivity index is 1.90. The number of aromatic nitrogens is 2. The molecule has 24 heavy (non-hydrogen) atoms. The lowest BCUT2D eigenvalue weighted by atomic mass is 10.1. The molecule has 0 atom stereocenters. The van der Waals surface area contributed by atoms with Gasteiger partial charge >= 0.3 is 0 Å². The standard InChI is InChI=1S/C18H17BrN4O/c1-13-5-3-8-16(9-13)23(12-24)21-15-7-4-6-14(10-15)18-17(19)11-20-22(18)2/h3-12,21H,1-2H3. The van der Waals surface area contributed by atoms with Gasteiger partial charge in [0.05, 0.1) is 27.7 Å². The Hall–Kier alpha value is -2.60. The first-order valence-corrected chi connectivity index (χ1v) is 8.23. The van der Waals surface area contributed by atoms with Crippen LogP contribution in [0.4, 0.5) is 11.4 Å². The molecule has 0 bridgehead atoms. The van der Waals surface area contributed by atoms with E-state index in [1.54, 1.807) is 10.9 Å². The van der Waals surface area contributed by atoms with E-state index in [1.807, 2.05) is 62.5 Å². The van der Waals surface area contributed by atoms with Crippen molar-refractivity contribution in [3.8, 4) is 11.3 Å². The van der Waals surface area contributed by atoms with Crippen molar-refractivity contribution in [3.63, 3.8) is 0 Å². The third-order valence-corrected chi connectivity index (χ3v) is 4.25. The van der Waals surface area contributed by atoms with Gasteiger partial charge in [0.15, 0.2) is 0 Å². The summed E-state index contributed by atoms with van der Waals surface area (Å²) in [6, 6.07) is 15.6. The average molecular weight is 385 g/mol. The second-order valence-corrected chi connectivity index (χ2v) is 6.33. The van der Waals surface area contributed by atoms with E-state index in [2.05, 4.69) is 26.5 Å². The molecule has 3 aromatic rings. The number of anilines is 2. The molecule has 122 valence electrons. The molecule has 0 fully saturated rings. The van der Waals surface area contributed by atoms with Crippen LogP contribution in [0.1, 0.15) is 5.56 Å². The maximum absolute atomic E-state index is 11.5. The van der Waals surface area contributed by atoms with Crippen LogP contribution in [-0.4, -0.2) is 16.2 Å². The summed E-state index contributed by atoms with van der Waals surface area (Å²) < 4.78 is 2.73. The second kappa shape index (κ2) is 6.88. The molecule has 0 saturated heterocycles. The van der Waals surface area contributed by atoms with Gasteiger partial charge in [-0.05, 0) is 52.7 Å². The van der Waals surface area contributed by atoms with E-state index in [0.29, 0.717) is 0 Å². The number of carbonyl (C=O) groups excluding carboxylic acids is 1. The van der Waals surface area contributed by atoms with Crippen LogP contribution in [0, 0.1) is 6.92 Å². The summed E-state index contributed by atoms with van der Waals surface area (Å²) in [6.45, 7) is 1.99. The number of amides is 1. The summed E-state index contributed by atoms with van der Waals surface area (Å²) in [7, 11) is 1.89. The lowest BCUT2D eigenvalue weighted by Crippen LogP contribution is -2.28. The number of aryl methyl sites for hydroxylation is 2. The molecule has 0 aliphatic rings. The van der Waals surface area contributed by atoms with Gasteiger partial charge in [0, 0.05) is 12.6 Å². The molecule has 0 aliphatic carbocycles. The van der Waals surface area contributed by atoms with Crippen LogP contribution >= 0.6 is 15.9 Å². The molecule has 3 rings (SSSR count). The topological polar surface area (TPSA) is 50.2 Å². The van der Waals surface area contributed by atoms with E-state index < -0.39 is 0 Å². The largest absolute Gasteiger partial charge is 0.292 e. The number of rotatable bonds is 5. The molecule has 0 aliphatic heterocycles.